The van der Waals surface area contributed by atoms with Crippen LogP contribution in [0.5, 0.6) is 0 Å². The SMILES string of the molecule is Nc1c(C(=O)c2ccc(Br)cc2)sc2nc(-c3ccc(Cl)cc3)ccc12. The fourth-order valence-corrected chi connectivity index (χ4v) is 4.13. The van der Waals surface area contributed by atoms with Crippen molar-refractivity contribution in [3.63, 3.8) is 0 Å². The molecule has 2 aromatic carbocycles. The molecule has 2 aromatic heterocycles. The predicted molar refractivity (Wildman–Crippen MR) is 112 cm³/mol. The summed E-state index contributed by atoms with van der Waals surface area (Å²) in [5.74, 6) is -0.0916. The Morgan fingerprint density at radius 2 is 1.69 bits per heavy atom. The highest BCUT2D eigenvalue weighted by molar-refractivity contribution is 9.10. The third kappa shape index (κ3) is 3.14. The molecule has 0 aliphatic rings. The summed E-state index contributed by atoms with van der Waals surface area (Å²) in [5.41, 5.74) is 9.10. The van der Waals surface area contributed by atoms with Crippen LogP contribution in [0.3, 0.4) is 0 Å². The van der Waals surface area contributed by atoms with E-state index in [0.717, 1.165) is 25.9 Å². The minimum atomic E-state index is -0.0916. The number of carbonyl (C=O) groups is 1. The first-order chi connectivity index (χ1) is 12.5. The molecule has 26 heavy (non-hydrogen) atoms. The Balaban J connectivity index is 1.77. The highest BCUT2D eigenvalue weighted by atomic mass is 79.9. The van der Waals surface area contributed by atoms with Gasteiger partial charge in [-0.3, -0.25) is 4.79 Å². The molecule has 4 aromatic rings. The summed E-state index contributed by atoms with van der Waals surface area (Å²) in [4.78, 5) is 18.8. The molecule has 0 saturated heterocycles. The Kier molecular flexibility index (Phi) is 4.53. The number of halogens is 2. The molecule has 4 rings (SSSR count). The number of rotatable bonds is 3. The Hall–Kier alpha value is -2.21. The van der Waals surface area contributed by atoms with Crippen molar-refractivity contribution < 1.29 is 4.79 Å². The van der Waals surface area contributed by atoms with Gasteiger partial charge in [0.15, 0.2) is 0 Å². The maximum atomic E-state index is 12.8. The second-order valence-electron chi connectivity index (χ2n) is 5.74. The number of anilines is 1. The van der Waals surface area contributed by atoms with Gasteiger partial charge in [-0.2, -0.15) is 0 Å². The third-order valence-corrected chi connectivity index (χ3v) is 5.94. The minimum Gasteiger partial charge on any atom is -0.397 e. The lowest BCUT2D eigenvalue weighted by atomic mass is 10.1. The van der Waals surface area contributed by atoms with E-state index in [-0.39, 0.29) is 5.78 Å². The van der Waals surface area contributed by atoms with Crippen molar-refractivity contribution in [3.8, 4) is 11.3 Å². The van der Waals surface area contributed by atoms with Crippen molar-refractivity contribution in [1.29, 1.82) is 0 Å². The molecule has 0 aliphatic carbocycles. The van der Waals surface area contributed by atoms with Crippen molar-refractivity contribution in [2.75, 3.05) is 5.73 Å². The van der Waals surface area contributed by atoms with Crippen LogP contribution >= 0.6 is 38.9 Å². The van der Waals surface area contributed by atoms with Gasteiger partial charge in [0.2, 0.25) is 5.78 Å². The Morgan fingerprint density at radius 1 is 1.00 bits per heavy atom. The van der Waals surface area contributed by atoms with E-state index < -0.39 is 0 Å². The van der Waals surface area contributed by atoms with Gasteiger partial charge in [0.25, 0.3) is 0 Å². The Bertz CT molecular complexity index is 1120. The zero-order valence-electron chi connectivity index (χ0n) is 13.4. The van der Waals surface area contributed by atoms with Gasteiger partial charge in [-0.1, -0.05) is 39.7 Å². The first-order valence-corrected chi connectivity index (χ1v) is 9.77. The summed E-state index contributed by atoms with van der Waals surface area (Å²) >= 11 is 10.6. The third-order valence-electron chi connectivity index (χ3n) is 4.05. The topological polar surface area (TPSA) is 56.0 Å². The average molecular weight is 444 g/mol. The maximum Gasteiger partial charge on any atom is 0.205 e. The summed E-state index contributed by atoms with van der Waals surface area (Å²) in [6.07, 6.45) is 0. The monoisotopic (exact) mass is 442 g/mol. The number of aromatic nitrogens is 1. The number of hydrogen-bond acceptors (Lipinski definition) is 4. The lowest BCUT2D eigenvalue weighted by molar-refractivity contribution is 0.104. The number of benzene rings is 2. The number of thiophene rings is 1. The highest BCUT2D eigenvalue weighted by Gasteiger charge is 2.19. The van der Waals surface area contributed by atoms with E-state index in [9.17, 15) is 4.79 Å². The van der Waals surface area contributed by atoms with Gasteiger partial charge in [-0.05, 0) is 48.5 Å². The van der Waals surface area contributed by atoms with E-state index in [1.165, 1.54) is 11.3 Å². The zero-order valence-corrected chi connectivity index (χ0v) is 16.5. The number of nitrogens with zero attached hydrogens (tertiary/aromatic N) is 1. The van der Waals surface area contributed by atoms with E-state index in [0.29, 0.717) is 21.2 Å². The van der Waals surface area contributed by atoms with Gasteiger partial charge in [-0.25, -0.2) is 4.98 Å². The molecule has 2 N–H and O–H groups in total. The number of hydrogen-bond donors (Lipinski definition) is 1. The standard InChI is InChI=1S/C20H12BrClN2OS/c21-13-5-1-12(2-6-13)18(25)19-17(23)15-9-10-16(24-20(15)26-19)11-3-7-14(22)8-4-11/h1-10H,23H2. The number of fused-ring (bicyclic) bond motifs is 1. The van der Waals surface area contributed by atoms with E-state index in [1.54, 1.807) is 12.1 Å². The summed E-state index contributed by atoms with van der Waals surface area (Å²) in [7, 11) is 0. The van der Waals surface area contributed by atoms with Gasteiger partial charge in [0.1, 0.15) is 9.71 Å². The van der Waals surface area contributed by atoms with Crippen molar-refractivity contribution in [3.05, 3.63) is 80.6 Å². The molecule has 0 fully saturated rings. The largest absolute Gasteiger partial charge is 0.397 e. The minimum absolute atomic E-state index is 0.0916. The van der Waals surface area contributed by atoms with Crippen LogP contribution in [0.25, 0.3) is 21.5 Å². The van der Waals surface area contributed by atoms with Crippen LogP contribution in [0.15, 0.2) is 65.1 Å². The molecule has 0 spiro atoms. The summed E-state index contributed by atoms with van der Waals surface area (Å²) in [5, 5.41) is 1.48. The molecule has 0 saturated carbocycles. The van der Waals surface area contributed by atoms with Gasteiger partial charge < -0.3 is 5.73 Å². The molecule has 3 nitrogen and oxygen atoms in total. The molecule has 0 aliphatic heterocycles. The molecular formula is C20H12BrClN2OS. The van der Waals surface area contributed by atoms with E-state index in [4.69, 9.17) is 17.3 Å². The van der Waals surface area contributed by atoms with Crippen molar-refractivity contribution in [2.45, 2.75) is 0 Å². The molecule has 6 heteroatoms. The lowest BCUT2D eigenvalue weighted by Crippen LogP contribution is -2.01. The molecule has 0 unspecified atom stereocenters. The van der Waals surface area contributed by atoms with Crippen molar-refractivity contribution in [2.24, 2.45) is 0 Å². The van der Waals surface area contributed by atoms with Gasteiger partial charge >= 0.3 is 0 Å². The highest BCUT2D eigenvalue weighted by Crippen LogP contribution is 2.35. The van der Waals surface area contributed by atoms with Crippen LogP contribution < -0.4 is 5.73 Å². The number of nitrogens with two attached hydrogens (primary N) is 1. The zero-order chi connectivity index (χ0) is 18.3. The number of carbonyl (C=O) groups excluding carboxylic acids is 1. The quantitative estimate of drug-likeness (QED) is 0.384. The Morgan fingerprint density at radius 3 is 2.38 bits per heavy atom. The van der Waals surface area contributed by atoms with E-state index in [2.05, 4.69) is 20.9 Å². The summed E-state index contributed by atoms with van der Waals surface area (Å²) < 4.78 is 0.924. The molecular weight excluding hydrogens is 432 g/mol. The molecule has 2 heterocycles. The van der Waals surface area contributed by atoms with Crippen molar-refractivity contribution in [1.82, 2.24) is 4.98 Å². The van der Waals surface area contributed by atoms with Crippen LogP contribution in [0.4, 0.5) is 5.69 Å². The fourth-order valence-electron chi connectivity index (χ4n) is 2.68. The van der Waals surface area contributed by atoms with Crippen LogP contribution in [0.2, 0.25) is 5.02 Å². The predicted octanol–water partition coefficient (Wildman–Crippen LogP) is 6.19. The van der Waals surface area contributed by atoms with Crippen LogP contribution in [0, 0.1) is 0 Å². The molecule has 128 valence electrons. The number of pyridine rings is 1. The molecule has 0 atom stereocenters. The second-order valence-corrected chi connectivity index (χ2v) is 8.09. The molecule has 0 amide bonds. The first kappa shape index (κ1) is 17.2. The second kappa shape index (κ2) is 6.83. The van der Waals surface area contributed by atoms with E-state index in [1.807, 2.05) is 48.5 Å². The first-order valence-electron chi connectivity index (χ1n) is 7.78. The number of nitrogen functional groups attached to an aromatic ring is 1. The molecule has 0 bridgehead atoms. The van der Waals surface area contributed by atoms with Crippen LogP contribution in [-0.2, 0) is 0 Å². The van der Waals surface area contributed by atoms with Gasteiger partial charge in [0.05, 0.1) is 11.4 Å². The normalized spacial score (nSPS) is 11.0. The Labute approximate surface area is 167 Å². The smallest absolute Gasteiger partial charge is 0.205 e. The van der Waals surface area contributed by atoms with Crippen LogP contribution in [0.1, 0.15) is 15.2 Å². The molecule has 0 radical (unpaired) electrons. The van der Waals surface area contributed by atoms with Crippen LogP contribution in [-0.4, -0.2) is 10.8 Å². The van der Waals surface area contributed by atoms with Crippen molar-refractivity contribution >= 4 is 60.6 Å². The average Bonchev–Trinajstić information content (AvgIpc) is 2.98. The summed E-state index contributed by atoms with van der Waals surface area (Å²) in [6, 6.07) is 18.6. The lowest BCUT2D eigenvalue weighted by Gasteiger charge is -2.01. The van der Waals surface area contributed by atoms with Gasteiger partial charge in [0, 0.05) is 26.0 Å². The van der Waals surface area contributed by atoms with Gasteiger partial charge in [-0.15, -0.1) is 11.3 Å². The van der Waals surface area contributed by atoms with E-state index >= 15 is 0 Å². The summed E-state index contributed by atoms with van der Waals surface area (Å²) in [6.45, 7) is 0. The maximum absolute atomic E-state index is 12.8. The fraction of sp³-hybridized carbons (Fsp3) is 0. The number of ketones is 1.